The van der Waals surface area contributed by atoms with Crippen molar-refractivity contribution in [3.63, 3.8) is 0 Å². The van der Waals surface area contributed by atoms with Gasteiger partial charge in [0, 0.05) is 11.8 Å². The molecular weight excluding hydrogens is 524 g/mol. The van der Waals surface area contributed by atoms with E-state index in [1.165, 1.54) is 14.2 Å². The second-order valence-electron chi connectivity index (χ2n) is 9.94. The fourth-order valence-electron chi connectivity index (χ4n) is 6.01. The van der Waals surface area contributed by atoms with Crippen molar-refractivity contribution < 1.29 is 38.4 Å². The molecule has 2 aliphatic rings. The number of carbonyl (C=O) groups is 2. The van der Waals surface area contributed by atoms with E-state index in [4.69, 9.17) is 23.7 Å². The Morgan fingerprint density at radius 3 is 1.95 bits per heavy atom. The van der Waals surface area contributed by atoms with E-state index >= 15 is 0 Å². The van der Waals surface area contributed by atoms with Crippen LogP contribution in [0.1, 0.15) is 23.0 Å². The highest BCUT2D eigenvalue weighted by Crippen LogP contribution is 2.60. The topological polar surface area (TPSA) is 101 Å². The number of fused-ring (bicyclic) bond motifs is 1. The quantitative estimate of drug-likeness (QED) is 0.213. The fraction of sp³-hybridized carbons (Fsp3) is 0.212. The molecule has 6 rings (SSSR count). The Morgan fingerprint density at radius 2 is 1.32 bits per heavy atom. The summed E-state index contributed by atoms with van der Waals surface area (Å²) in [6.07, 6.45) is 0. The van der Waals surface area contributed by atoms with Gasteiger partial charge in [-0.1, -0.05) is 54.6 Å². The van der Waals surface area contributed by atoms with Crippen LogP contribution in [0.15, 0.2) is 91.0 Å². The van der Waals surface area contributed by atoms with Gasteiger partial charge in [0.25, 0.3) is 0 Å². The van der Waals surface area contributed by atoms with Gasteiger partial charge in [-0.25, -0.2) is 0 Å². The van der Waals surface area contributed by atoms with E-state index in [-0.39, 0.29) is 6.79 Å². The largest absolute Gasteiger partial charge is 0.496 e. The maximum atomic E-state index is 14.0. The van der Waals surface area contributed by atoms with Crippen LogP contribution in [-0.2, 0) is 9.59 Å². The predicted molar refractivity (Wildman–Crippen MR) is 150 cm³/mol. The van der Waals surface area contributed by atoms with Crippen LogP contribution in [0.5, 0.6) is 28.7 Å². The molecule has 4 atom stereocenters. The molecule has 0 saturated heterocycles. The minimum Gasteiger partial charge on any atom is -0.496 e. The summed E-state index contributed by atoms with van der Waals surface area (Å²) in [7, 11) is 3.06. The van der Waals surface area contributed by atoms with Gasteiger partial charge in [0.15, 0.2) is 11.5 Å². The molecule has 4 aromatic carbocycles. The van der Waals surface area contributed by atoms with E-state index in [2.05, 4.69) is 0 Å². The summed E-state index contributed by atoms with van der Waals surface area (Å²) in [5.41, 5.74) is 2.99. The average molecular weight is 553 g/mol. The molecule has 1 aliphatic carbocycles. The van der Waals surface area contributed by atoms with Gasteiger partial charge in [0.1, 0.15) is 17.2 Å². The van der Waals surface area contributed by atoms with Gasteiger partial charge in [-0.2, -0.15) is 0 Å². The normalized spacial score (nSPS) is 20.5. The maximum Gasteiger partial charge on any atom is 0.315 e. The number of carboxylic acid groups (broad SMARTS) is 1. The number of esters is 1. The number of methoxy groups -OCH3 is 2. The molecule has 1 heterocycles. The van der Waals surface area contributed by atoms with Crippen LogP contribution in [0.4, 0.5) is 0 Å². The van der Waals surface area contributed by atoms with Crippen molar-refractivity contribution in [3.8, 4) is 39.9 Å². The van der Waals surface area contributed by atoms with Gasteiger partial charge < -0.3 is 28.8 Å². The standard InChI is InChI=1S/C33H28O8/c1-37-24-12-5-3-10-22(24)28-30(32(34)35)29(23-11-4-6-13-25(23)38-2)31(28)33(36)41-21-9-7-8-19(16-21)20-14-15-26-27(17-20)40-18-39-26/h3-17,28-31H,18H2,1-2H3,(H,34,35)/t28-,29?,30+,31?/m0/s1. The van der Waals surface area contributed by atoms with E-state index in [0.29, 0.717) is 39.9 Å². The number of carbonyl (C=O) groups excluding carboxylic acids is 1. The first kappa shape index (κ1) is 26.3. The first-order valence-corrected chi connectivity index (χ1v) is 13.2. The highest BCUT2D eigenvalue weighted by atomic mass is 16.7. The van der Waals surface area contributed by atoms with Gasteiger partial charge in [-0.15, -0.1) is 0 Å². The minimum atomic E-state index is -1.01. The molecule has 8 heteroatoms. The monoisotopic (exact) mass is 552 g/mol. The van der Waals surface area contributed by atoms with E-state index in [9.17, 15) is 14.7 Å². The van der Waals surface area contributed by atoms with E-state index < -0.39 is 35.6 Å². The molecule has 1 fully saturated rings. The Kier molecular flexibility index (Phi) is 6.97. The lowest BCUT2D eigenvalue weighted by Crippen LogP contribution is -2.52. The number of hydrogen-bond donors (Lipinski definition) is 1. The van der Waals surface area contributed by atoms with Crippen molar-refractivity contribution in [1.29, 1.82) is 0 Å². The second kappa shape index (κ2) is 10.9. The van der Waals surface area contributed by atoms with E-state index in [0.717, 1.165) is 11.1 Å². The Hall–Kier alpha value is -4.98. The molecule has 41 heavy (non-hydrogen) atoms. The number of aliphatic carboxylic acids is 1. The highest BCUT2D eigenvalue weighted by molar-refractivity contribution is 5.86. The summed E-state index contributed by atoms with van der Waals surface area (Å²) in [4.78, 5) is 26.7. The number of benzene rings is 4. The highest BCUT2D eigenvalue weighted by Gasteiger charge is 2.60. The van der Waals surface area contributed by atoms with Gasteiger partial charge in [0.05, 0.1) is 26.1 Å². The molecule has 8 nitrogen and oxygen atoms in total. The molecule has 0 radical (unpaired) electrons. The molecular formula is C33H28O8. The first-order valence-electron chi connectivity index (χ1n) is 13.2. The molecule has 1 aliphatic heterocycles. The molecule has 4 aromatic rings. The molecule has 1 N–H and O–H groups in total. The van der Waals surface area contributed by atoms with Crippen LogP contribution in [-0.4, -0.2) is 38.1 Å². The van der Waals surface area contributed by atoms with Crippen LogP contribution >= 0.6 is 0 Å². The number of rotatable bonds is 8. The van der Waals surface area contributed by atoms with Crippen molar-refractivity contribution >= 4 is 11.9 Å². The number of hydrogen-bond acceptors (Lipinski definition) is 7. The van der Waals surface area contributed by atoms with Crippen molar-refractivity contribution in [2.75, 3.05) is 21.0 Å². The van der Waals surface area contributed by atoms with Crippen molar-refractivity contribution in [2.24, 2.45) is 11.8 Å². The Bertz CT molecular complexity index is 1560. The third-order valence-electron chi connectivity index (χ3n) is 7.86. The summed E-state index contributed by atoms with van der Waals surface area (Å²) < 4.78 is 28.0. The van der Waals surface area contributed by atoms with Crippen LogP contribution in [0.2, 0.25) is 0 Å². The lowest BCUT2D eigenvalue weighted by atomic mass is 9.52. The molecule has 0 spiro atoms. The number of para-hydroxylation sites is 2. The Labute approximate surface area is 237 Å². The third kappa shape index (κ3) is 4.71. The molecule has 1 saturated carbocycles. The Balaban J connectivity index is 1.37. The van der Waals surface area contributed by atoms with Crippen molar-refractivity contribution in [3.05, 3.63) is 102 Å². The lowest BCUT2D eigenvalue weighted by Gasteiger charge is -2.49. The zero-order valence-electron chi connectivity index (χ0n) is 22.5. The number of carboxylic acids is 1. The van der Waals surface area contributed by atoms with Gasteiger partial charge in [-0.3, -0.25) is 9.59 Å². The number of ether oxygens (including phenoxy) is 5. The average Bonchev–Trinajstić information content (AvgIpc) is 3.45. The van der Waals surface area contributed by atoms with Gasteiger partial charge >= 0.3 is 11.9 Å². The molecule has 0 aromatic heterocycles. The summed E-state index contributed by atoms with van der Waals surface area (Å²) >= 11 is 0. The zero-order chi connectivity index (χ0) is 28.5. The van der Waals surface area contributed by atoms with Crippen molar-refractivity contribution in [2.45, 2.75) is 11.8 Å². The van der Waals surface area contributed by atoms with Crippen LogP contribution in [0.3, 0.4) is 0 Å². The van der Waals surface area contributed by atoms with E-state index in [1.54, 1.807) is 42.5 Å². The first-order chi connectivity index (χ1) is 20.0. The summed E-state index contributed by atoms with van der Waals surface area (Å²) in [5.74, 6) is -1.89. The molecule has 0 amide bonds. The van der Waals surface area contributed by atoms with Crippen molar-refractivity contribution in [1.82, 2.24) is 0 Å². The molecule has 2 unspecified atom stereocenters. The maximum absolute atomic E-state index is 14.0. The molecule has 208 valence electrons. The van der Waals surface area contributed by atoms with Gasteiger partial charge in [-0.05, 0) is 58.7 Å². The summed E-state index contributed by atoms with van der Waals surface area (Å²) in [6, 6.07) is 27.2. The lowest BCUT2D eigenvalue weighted by molar-refractivity contribution is -0.158. The third-order valence-corrected chi connectivity index (χ3v) is 7.86. The second-order valence-corrected chi connectivity index (χ2v) is 9.94. The van der Waals surface area contributed by atoms with Crippen LogP contribution < -0.4 is 23.7 Å². The summed E-state index contributed by atoms with van der Waals surface area (Å²) in [5, 5.41) is 10.4. The van der Waals surface area contributed by atoms with E-state index in [1.807, 2.05) is 48.5 Å². The SMILES string of the molecule is COc1ccccc1C1C(C(=O)Oc2cccc(-c3ccc4c(c3)OCO4)c2)[C@@H](c2ccccc2OC)[C@H]1C(=O)O. The Morgan fingerprint density at radius 1 is 0.707 bits per heavy atom. The fourth-order valence-corrected chi connectivity index (χ4v) is 6.01. The predicted octanol–water partition coefficient (Wildman–Crippen LogP) is 5.90. The van der Waals surface area contributed by atoms with Gasteiger partial charge in [0.2, 0.25) is 6.79 Å². The van der Waals surface area contributed by atoms with Crippen LogP contribution in [0, 0.1) is 11.8 Å². The minimum absolute atomic E-state index is 0.176. The smallest absolute Gasteiger partial charge is 0.315 e. The summed E-state index contributed by atoms with van der Waals surface area (Å²) in [6.45, 7) is 0.176. The molecule has 0 bridgehead atoms. The zero-order valence-corrected chi connectivity index (χ0v) is 22.5. The van der Waals surface area contributed by atoms with Crippen LogP contribution in [0.25, 0.3) is 11.1 Å².